The molecule has 26 heavy (non-hydrogen) atoms. The van der Waals surface area contributed by atoms with E-state index in [-0.39, 0.29) is 12.1 Å². The lowest BCUT2D eigenvalue weighted by molar-refractivity contribution is 0.381. The maximum absolute atomic E-state index is 6.33. The van der Waals surface area contributed by atoms with Crippen molar-refractivity contribution >= 4 is 23.2 Å². The quantitative estimate of drug-likeness (QED) is 0.539. The van der Waals surface area contributed by atoms with E-state index in [1.165, 1.54) is 44.9 Å². The molecular formula is C20H31ClN4O. The molecule has 0 aliphatic heterocycles. The molecule has 6 heteroatoms. The Bertz CT molecular complexity index is 616. The van der Waals surface area contributed by atoms with E-state index in [2.05, 4.69) is 10.6 Å². The van der Waals surface area contributed by atoms with Crippen molar-refractivity contribution in [3.05, 3.63) is 23.2 Å². The van der Waals surface area contributed by atoms with Gasteiger partial charge in [-0.05, 0) is 43.9 Å². The van der Waals surface area contributed by atoms with Gasteiger partial charge in [-0.2, -0.15) is 0 Å². The number of anilines is 1. The third-order valence-electron chi connectivity index (χ3n) is 5.44. The van der Waals surface area contributed by atoms with Crippen molar-refractivity contribution < 1.29 is 4.74 Å². The van der Waals surface area contributed by atoms with Gasteiger partial charge in [0.2, 0.25) is 0 Å². The predicted octanol–water partition coefficient (Wildman–Crippen LogP) is 4.31. The van der Waals surface area contributed by atoms with Crippen LogP contribution >= 0.6 is 11.6 Å². The molecule has 0 spiro atoms. The number of halogens is 1. The number of nitrogens with zero attached hydrogens (tertiary/aromatic N) is 1. The maximum atomic E-state index is 6.33. The summed E-state index contributed by atoms with van der Waals surface area (Å²) in [5, 5.41) is 7.72. The van der Waals surface area contributed by atoms with Gasteiger partial charge in [-0.1, -0.05) is 43.7 Å². The largest absolute Gasteiger partial charge is 0.495 e. The van der Waals surface area contributed by atoms with Crippen LogP contribution < -0.4 is 21.1 Å². The van der Waals surface area contributed by atoms with E-state index in [1.54, 1.807) is 7.11 Å². The van der Waals surface area contributed by atoms with E-state index in [0.717, 1.165) is 30.2 Å². The number of guanidine groups is 1. The molecule has 0 unspecified atom stereocenters. The summed E-state index contributed by atoms with van der Waals surface area (Å²) in [5.74, 6) is 1.54. The molecule has 0 heterocycles. The zero-order chi connectivity index (χ0) is 18.4. The van der Waals surface area contributed by atoms with Gasteiger partial charge in [-0.15, -0.1) is 0 Å². The second kappa shape index (κ2) is 9.47. The minimum absolute atomic E-state index is 0.134. The first-order valence-electron chi connectivity index (χ1n) is 9.86. The van der Waals surface area contributed by atoms with E-state index < -0.39 is 0 Å². The Kier molecular flexibility index (Phi) is 7.03. The number of aliphatic imine (C=N–C) groups is 1. The highest BCUT2D eigenvalue weighted by Crippen LogP contribution is 2.28. The van der Waals surface area contributed by atoms with Gasteiger partial charge >= 0.3 is 0 Å². The van der Waals surface area contributed by atoms with Gasteiger partial charge in [-0.3, -0.25) is 0 Å². The summed E-state index contributed by atoms with van der Waals surface area (Å²) in [6, 6.07) is 6.32. The van der Waals surface area contributed by atoms with Gasteiger partial charge in [0.1, 0.15) is 5.75 Å². The van der Waals surface area contributed by atoms with E-state index in [9.17, 15) is 0 Å². The number of ether oxygens (including phenoxy) is 1. The topological polar surface area (TPSA) is 71.7 Å². The summed E-state index contributed by atoms with van der Waals surface area (Å²) in [6.45, 7) is 0. The molecule has 2 fully saturated rings. The first-order valence-corrected chi connectivity index (χ1v) is 10.2. The molecule has 1 aromatic carbocycles. The van der Waals surface area contributed by atoms with E-state index in [4.69, 9.17) is 27.1 Å². The van der Waals surface area contributed by atoms with E-state index >= 15 is 0 Å². The predicted molar refractivity (Wildman–Crippen MR) is 109 cm³/mol. The first kappa shape index (κ1) is 19.3. The third kappa shape index (κ3) is 5.27. The van der Waals surface area contributed by atoms with Gasteiger partial charge in [0.05, 0.1) is 18.8 Å². The molecule has 0 radical (unpaired) electrons. The number of hydrogen-bond acceptors (Lipinski definition) is 3. The average molecular weight is 379 g/mol. The molecule has 0 aromatic heterocycles. The van der Waals surface area contributed by atoms with Crippen molar-refractivity contribution in [2.75, 3.05) is 12.4 Å². The summed E-state index contributed by atoms with van der Waals surface area (Å²) >= 11 is 6.19. The fourth-order valence-electron chi connectivity index (χ4n) is 3.92. The summed E-state index contributed by atoms with van der Waals surface area (Å²) in [6.07, 6.45) is 10.7. The van der Waals surface area contributed by atoms with Crippen molar-refractivity contribution in [1.82, 2.24) is 5.32 Å². The van der Waals surface area contributed by atoms with Crippen LogP contribution in [0.3, 0.4) is 0 Å². The minimum Gasteiger partial charge on any atom is -0.495 e. The molecule has 0 bridgehead atoms. The van der Waals surface area contributed by atoms with Gasteiger partial charge < -0.3 is 21.1 Å². The van der Waals surface area contributed by atoms with E-state index in [1.807, 2.05) is 18.2 Å². The first-order chi connectivity index (χ1) is 12.7. The van der Waals surface area contributed by atoms with Crippen LogP contribution in [0.5, 0.6) is 5.75 Å². The van der Waals surface area contributed by atoms with Gasteiger partial charge in [0.15, 0.2) is 5.96 Å². The van der Waals surface area contributed by atoms with E-state index in [0.29, 0.717) is 11.1 Å². The lowest BCUT2D eigenvalue weighted by Crippen LogP contribution is -2.44. The van der Waals surface area contributed by atoms with Gasteiger partial charge in [0, 0.05) is 17.1 Å². The van der Waals surface area contributed by atoms with Crippen LogP contribution in [-0.4, -0.2) is 31.2 Å². The smallest absolute Gasteiger partial charge is 0.196 e. The molecule has 4 N–H and O–H groups in total. The molecule has 2 saturated carbocycles. The highest BCUT2D eigenvalue weighted by molar-refractivity contribution is 6.31. The lowest BCUT2D eigenvalue weighted by atomic mass is 9.91. The van der Waals surface area contributed by atoms with Crippen molar-refractivity contribution in [2.24, 2.45) is 10.7 Å². The third-order valence-corrected chi connectivity index (χ3v) is 5.67. The Hall–Kier alpha value is -1.46. The van der Waals surface area contributed by atoms with Crippen LogP contribution in [-0.2, 0) is 0 Å². The number of benzene rings is 1. The highest BCUT2D eigenvalue weighted by atomic mass is 35.5. The van der Waals surface area contributed by atoms with Crippen LogP contribution in [0.1, 0.15) is 57.8 Å². The molecule has 144 valence electrons. The summed E-state index contributed by atoms with van der Waals surface area (Å²) in [5.41, 5.74) is 7.15. The zero-order valence-electron chi connectivity index (χ0n) is 15.6. The Morgan fingerprint density at radius 3 is 2.58 bits per heavy atom. The van der Waals surface area contributed by atoms with Crippen LogP contribution in [0, 0.1) is 0 Å². The molecule has 0 amide bonds. The van der Waals surface area contributed by atoms with Crippen LogP contribution in [0.15, 0.2) is 23.2 Å². The molecule has 3 rings (SSSR count). The molecule has 2 aliphatic carbocycles. The Balaban J connectivity index is 1.80. The maximum Gasteiger partial charge on any atom is 0.196 e. The second-order valence-corrected chi connectivity index (χ2v) is 7.88. The fraction of sp³-hybridized carbons (Fsp3) is 0.650. The van der Waals surface area contributed by atoms with Crippen LogP contribution in [0.4, 0.5) is 5.69 Å². The number of hydrogen-bond donors (Lipinski definition) is 3. The van der Waals surface area contributed by atoms with Gasteiger partial charge in [0.25, 0.3) is 0 Å². The Labute approximate surface area is 161 Å². The molecular weight excluding hydrogens is 348 g/mol. The standard InChI is InChI=1S/C20H31ClN4O/c1-26-19-12-11-14(21)13-18(19)25-20(23-15-7-3-2-4-8-15)24-17-10-6-5-9-16(17)22/h11-13,15-17H,2-10,22H2,1H3,(H2,23,24,25)/t16-,17-/m0/s1. The van der Waals surface area contributed by atoms with Crippen molar-refractivity contribution in [3.63, 3.8) is 0 Å². The Morgan fingerprint density at radius 1 is 1.12 bits per heavy atom. The number of nitrogens with two attached hydrogens (primary N) is 1. The van der Waals surface area contributed by atoms with Gasteiger partial charge in [-0.25, -0.2) is 4.99 Å². The number of rotatable bonds is 4. The number of nitrogens with one attached hydrogen (secondary N) is 2. The summed E-state index contributed by atoms with van der Waals surface area (Å²) in [7, 11) is 1.66. The van der Waals surface area contributed by atoms with Crippen molar-refractivity contribution in [1.29, 1.82) is 0 Å². The molecule has 5 nitrogen and oxygen atoms in total. The normalized spacial score (nSPS) is 25.0. The monoisotopic (exact) mass is 378 g/mol. The summed E-state index contributed by atoms with van der Waals surface area (Å²) in [4.78, 5) is 4.98. The lowest BCUT2D eigenvalue weighted by Gasteiger charge is -2.29. The minimum atomic E-state index is 0.134. The molecule has 2 atom stereocenters. The second-order valence-electron chi connectivity index (χ2n) is 7.44. The zero-order valence-corrected chi connectivity index (χ0v) is 16.4. The average Bonchev–Trinajstić information content (AvgIpc) is 2.65. The molecule has 2 aliphatic rings. The fourth-order valence-corrected chi connectivity index (χ4v) is 4.09. The SMILES string of the molecule is COc1ccc(Cl)cc1NC(=N[C@H]1CCCC[C@@H]1N)NC1CCCCC1. The molecule has 1 aromatic rings. The summed E-state index contributed by atoms with van der Waals surface area (Å²) < 4.78 is 5.47. The van der Waals surface area contributed by atoms with Crippen LogP contribution in [0.2, 0.25) is 5.02 Å². The van der Waals surface area contributed by atoms with Crippen molar-refractivity contribution in [2.45, 2.75) is 75.9 Å². The van der Waals surface area contributed by atoms with Crippen LogP contribution in [0.25, 0.3) is 0 Å². The number of methoxy groups -OCH3 is 1. The molecule has 0 saturated heterocycles. The van der Waals surface area contributed by atoms with Crippen molar-refractivity contribution in [3.8, 4) is 5.75 Å². The highest BCUT2D eigenvalue weighted by Gasteiger charge is 2.23. The Morgan fingerprint density at radius 2 is 1.85 bits per heavy atom.